The lowest BCUT2D eigenvalue weighted by Crippen LogP contribution is -2.42. The van der Waals surface area contributed by atoms with E-state index < -0.39 is 0 Å². The first-order valence-electron chi connectivity index (χ1n) is 13.2. The van der Waals surface area contributed by atoms with Gasteiger partial charge in [-0.2, -0.15) is 5.10 Å². The predicted octanol–water partition coefficient (Wildman–Crippen LogP) is 5.57. The van der Waals surface area contributed by atoms with Crippen LogP contribution in [0.15, 0.2) is 71.3 Å². The average molecular weight is 559 g/mol. The van der Waals surface area contributed by atoms with E-state index in [0.29, 0.717) is 11.6 Å². The van der Waals surface area contributed by atoms with Gasteiger partial charge >= 0.3 is 0 Å². The largest absolute Gasteiger partial charge is 0.497 e. The van der Waals surface area contributed by atoms with E-state index in [1.54, 1.807) is 42.2 Å². The molecule has 1 atom stereocenters. The number of hydrogen-bond acceptors (Lipinski definition) is 6. The van der Waals surface area contributed by atoms with Crippen molar-refractivity contribution in [3.8, 4) is 11.4 Å². The molecule has 2 aromatic carbocycles. The fraction of sp³-hybridized carbons (Fsp3) is 0.323. The standard InChI is InChI=1S/C31H34N4O4S/c1-20-9-6-7-11-24(20)28-27-29(31(2,3)4)33-35(21-12-14-22(38-5)15-13-21)30(27)34(26(37)19-40-28)18-25(36)32-17-23-10-8-16-39-23/h6-16,28H,17-19H2,1-5H3,(H,32,36)/t28-/m0/s1. The molecular formula is C31H34N4O4S. The van der Waals surface area contributed by atoms with Crippen LogP contribution in [0.3, 0.4) is 0 Å². The fourth-order valence-electron chi connectivity index (χ4n) is 4.90. The molecule has 1 aliphatic rings. The van der Waals surface area contributed by atoms with Gasteiger partial charge in [-0.15, -0.1) is 11.8 Å². The van der Waals surface area contributed by atoms with Gasteiger partial charge < -0.3 is 14.5 Å². The smallest absolute Gasteiger partial charge is 0.240 e. The topological polar surface area (TPSA) is 89.6 Å². The molecule has 0 saturated carbocycles. The Kier molecular flexibility index (Phi) is 7.76. The Bertz CT molecular complexity index is 1500. The molecule has 5 rings (SSSR count). The molecule has 2 aromatic heterocycles. The van der Waals surface area contributed by atoms with Gasteiger partial charge in [0.1, 0.15) is 23.9 Å². The SMILES string of the molecule is COc1ccc(-n2nc(C(C)(C)C)c3c2N(CC(=O)NCc2ccco2)C(=O)CS[C@H]3c2ccccc2C)cc1. The number of fused-ring (bicyclic) bond motifs is 1. The third-order valence-corrected chi connectivity index (χ3v) is 8.17. The minimum Gasteiger partial charge on any atom is -0.497 e. The van der Waals surface area contributed by atoms with Crippen molar-refractivity contribution >= 4 is 29.4 Å². The van der Waals surface area contributed by atoms with Crippen molar-refractivity contribution in [2.75, 3.05) is 24.3 Å². The van der Waals surface area contributed by atoms with Crippen LogP contribution in [-0.2, 0) is 21.5 Å². The number of aryl methyl sites for hydroxylation is 1. The van der Waals surface area contributed by atoms with E-state index in [1.807, 2.05) is 41.1 Å². The summed E-state index contributed by atoms with van der Waals surface area (Å²) in [5.74, 6) is 1.78. The molecule has 4 aromatic rings. The summed E-state index contributed by atoms with van der Waals surface area (Å²) in [6.45, 7) is 8.57. The zero-order valence-electron chi connectivity index (χ0n) is 23.4. The van der Waals surface area contributed by atoms with Gasteiger partial charge in [-0.3, -0.25) is 14.5 Å². The van der Waals surface area contributed by atoms with Crippen molar-refractivity contribution in [1.29, 1.82) is 0 Å². The van der Waals surface area contributed by atoms with Crippen molar-refractivity contribution in [1.82, 2.24) is 15.1 Å². The summed E-state index contributed by atoms with van der Waals surface area (Å²) in [6.07, 6.45) is 1.57. The lowest BCUT2D eigenvalue weighted by Gasteiger charge is -2.25. The second-order valence-corrected chi connectivity index (χ2v) is 11.9. The van der Waals surface area contributed by atoms with Gasteiger partial charge in [0, 0.05) is 11.0 Å². The highest BCUT2D eigenvalue weighted by atomic mass is 32.2. The monoisotopic (exact) mass is 558 g/mol. The van der Waals surface area contributed by atoms with Gasteiger partial charge in [-0.05, 0) is 54.4 Å². The molecule has 40 heavy (non-hydrogen) atoms. The maximum absolute atomic E-state index is 13.8. The number of anilines is 1. The van der Waals surface area contributed by atoms with E-state index >= 15 is 0 Å². The van der Waals surface area contributed by atoms with Crippen LogP contribution in [0.5, 0.6) is 5.75 Å². The van der Waals surface area contributed by atoms with Crippen LogP contribution in [0.4, 0.5) is 5.82 Å². The summed E-state index contributed by atoms with van der Waals surface area (Å²) in [7, 11) is 1.62. The maximum atomic E-state index is 13.8. The number of thioether (sulfide) groups is 1. The summed E-state index contributed by atoms with van der Waals surface area (Å²) in [5, 5.41) is 7.88. The third-order valence-electron chi connectivity index (χ3n) is 6.93. The normalized spacial score (nSPS) is 15.5. The minimum atomic E-state index is -0.329. The molecule has 3 heterocycles. The second-order valence-electron chi connectivity index (χ2n) is 10.8. The van der Waals surface area contributed by atoms with Crippen LogP contribution >= 0.6 is 11.8 Å². The molecule has 0 fully saturated rings. The number of amides is 2. The van der Waals surface area contributed by atoms with Crippen molar-refractivity contribution in [2.45, 2.75) is 44.9 Å². The van der Waals surface area contributed by atoms with E-state index in [0.717, 1.165) is 33.8 Å². The predicted molar refractivity (Wildman–Crippen MR) is 157 cm³/mol. The van der Waals surface area contributed by atoms with Crippen molar-refractivity contribution in [3.05, 3.63) is 95.1 Å². The summed E-state index contributed by atoms with van der Waals surface area (Å²) < 4.78 is 12.5. The molecule has 0 unspecified atom stereocenters. The molecular weight excluding hydrogens is 524 g/mol. The zero-order chi connectivity index (χ0) is 28.4. The van der Waals surface area contributed by atoms with Crippen LogP contribution in [0.2, 0.25) is 0 Å². The Morgan fingerprint density at radius 3 is 2.52 bits per heavy atom. The Morgan fingerprint density at radius 1 is 1.12 bits per heavy atom. The van der Waals surface area contributed by atoms with Crippen LogP contribution < -0.4 is 15.0 Å². The first kappa shape index (κ1) is 27.6. The number of hydrogen-bond donors (Lipinski definition) is 1. The van der Waals surface area contributed by atoms with E-state index in [4.69, 9.17) is 14.3 Å². The number of furan rings is 1. The summed E-state index contributed by atoms with van der Waals surface area (Å²) >= 11 is 1.58. The molecule has 0 spiro atoms. The minimum absolute atomic E-state index is 0.140. The van der Waals surface area contributed by atoms with Crippen LogP contribution in [0, 0.1) is 6.92 Å². The van der Waals surface area contributed by atoms with E-state index in [9.17, 15) is 9.59 Å². The first-order chi connectivity index (χ1) is 19.2. The fourth-order valence-corrected chi connectivity index (χ4v) is 6.19. The van der Waals surface area contributed by atoms with Crippen LogP contribution in [-0.4, -0.2) is 41.0 Å². The number of carbonyl (C=O) groups is 2. The highest BCUT2D eigenvalue weighted by Gasteiger charge is 2.40. The molecule has 0 aliphatic carbocycles. The maximum Gasteiger partial charge on any atom is 0.240 e. The van der Waals surface area contributed by atoms with E-state index in [2.05, 4.69) is 45.1 Å². The second kappa shape index (κ2) is 11.3. The molecule has 0 saturated heterocycles. The number of ether oxygens (including phenoxy) is 1. The van der Waals surface area contributed by atoms with Crippen molar-refractivity contribution in [3.63, 3.8) is 0 Å². The van der Waals surface area contributed by atoms with Crippen molar-refractivity contribution < 1.29 is 18.7 Å². The Morgan fingerprint density at radius 2 is 1.88 bits per heavy atom. The number of aromatic nitrogens is 2. The lowest BCUT2D eigenvalue weighted by atomic mass is 9.86. The molecule has 0 bridgehead atoms. The molecule has 1 N–H and O–H groups in total. The van der Waals surface area contributed by atoms with Gasteiger partial charge in [0.2, 0.25) is 11.8 Å². The zero-order valence-corrected chi connectivity index (χ0v) is 24.2. The summed E-state index contributed by atoms with van der Waals surface area (Å²) in [4.78, 5) is 28.6. The van der Waals surface area contributed by atoms with Gasteiger partial charge in [0.15, 0.2) is 0 Å². The van der Waals surface area contributed by atoms with Crippen LogP contribution in [0.1, 0.15) is 54.2 Å². The quantitative estimate of drug-likeness (QED) is 0.319. The van der Waals surface area contributed by atoms with Crippen LogP contribution in [0.25, 0.3) is 5.69 Å². The Hall–Kier alpha value is -3.98. The van der Waals surface area contributed by atoms with Gasteiger partial charge in [0.05, 0.1) is 42.3 Å². The summed E-state index contributed by atoms with van der Waals surface area (Å²) in [6, 6.07) is 19.4. The first-order valence-corrected chi connectivity index (χ1v) is 14.3. The number of methoxy groups -OCH3 is 1. The molecule has 2 amide bonds. The molecule has 0 radical (unpaired) electrons. The third kappa shape index (κ3) is 5.51. The highest BCUT2D eigenvalue weighted by Crippen LogP contribution is 2.49. The van der Waals surface area contributed by atoms with Gasteiger partial charge in [0.25, 0.3) is 0 Å². The number of carbonyl (C=O) groups excluding carboxylic acids is 2. The van der Waals surface area contributed by atoms with E-state index in [1.165, 1.54) is 0 Å². The number of nitrogens with one attached hydrogen (secondary N) is 1. The van der Waals surface area contributed by atoms with Crippen molar-refractivity contribution in [2.24, 2.45) is 0 Å². The molecule has 208 valence electrons. The molecule has 9 heteroatoms. The van der Waals surface area contributed by atoms with E-state index in [-0.39, 0.29) is 41.3 Å². The highest BCUT2D eigenvalue weighted by molar-refractivity contribution is 8.00. The number of nitrogens with zero attached hydrogens (tertiary/aromatic N) is 3. The number of benzene rings is 2. The molecule has 1 aliphatic heterocycles. The Labute approximate surface area is 238 Å². The molecule has 8 nitrogen and oxygen atoms in total. The van der Waals surface area contributed by atoms with Gasteiger partial charge in [-0.25, -0.2) is 4.68 Å². The summed E-state index contributed by atoms with van der Waals surface area (Å²) in [5.41, 5.74) is 4.55. The van der Waals surface area contributed by atoms with Gasteiger partial charge in [-0.1, -0.05) is 45.0 Å². The number of rotatable bonds is 7. The average Bonchev–Trinajstić information content (AvgIpc) is 3.57. The Balaban J connectivity index is 1.68. The lowest BCUT2D eigenvalue weighted by molar-refractivity contribution is -0.123.